The van der Waals surface area contributed by atoms with Gasteiger partial charge in [0, 0.05) is 33.3 Å². The van der Waals surface area contributed by atoms with Gasteiger partial charge in [0.1, 0.15) is 11.8 Å². The smallest absolute Gasteiger partial charge is 0.226 e. The lowest BCUT2D eigenvalue weighted by Gasteiger charge is -2.38. The minimum atomic E-state index is -0.495. The topological polar surface area (TPSA) is 69.0 Å². The van der Waals surface area contributed by atoms with Crippen LogP contribution in [0.3, 0.4) is 0 Å². The van der Waals surface area contributed by atoms with Gasteiger partial charge in [-0.2, -0.15) is 4.98 Å². The minimum absolute atomic E-state index is 0.0831. The number of aromatic nitrogens is 3. The first-order valence-electron chi connectivity index (χ1n) is 10.4. The number of carbonyl (C=O) groups excluding carboxylic acids is 1. The normalized spacial score (nSPS) is 19.3. The number of benzene rings is 2. The molecule has 3 aromatic rings. The molecule has 32 heavy (non-hydrogen) atoms. The summed E-state index contributed by atoms with van der Waals surface area (Å²) in [6, 6.07) is 12.4. The Morgan fingerprint density at radius 2 is 1.94 bits per heavy atom. The first kappa shape index (κ1) is 21.0. The lowest BCUT2D eigenvalue weighted by molar-refractivity contribution is -0.118. The van der Waals surface area contributed by atoms with Crippen LogP contribution in [0.2, 0.25) is 10.0 Å². The maximum Gasteiger partial charge on any atom is 0.226 e. The summed E-state index contributed by atoms with van der Waals surface area (Å²) in [4.78, 5) is 18.1. The fraction of sp³-hybridized carbons (Fsp3) is 0.292. The number of ether oxygens (including phenoxy) is 1. The van der Waals surface area contributed by atoms with Crippen LogP contribution in [-0.2, 0) is 4.79 Å². The molecule has 2 aromatic carbocycles. The number of hydrogen-bond donors (Lipinski definition) is 1. The Hall–Kier alpha value is -2.83. The van der Waals surface area contributed by atoms with E-state index in [4.69, 9.17) is 38.0 Å². The van der Waals surface area contributed by atoms with Gasteiger partial charge in [0.2, 0.25) is 5.95 Å². The molecule has 2 heterocycles. The van der Waals surface area contributed by atoms with E-state index in [1.165, 1.54) is 0 Å². The van der Waals surface area contributed by atoms with Crippen molar-refractivity contribution in [3.63, 3.8) is 0 Å². The summed E-state index contributed by atoms with van der Waals surface area (Å²) in [5, 5.41) is 9.19. The molecule has 0 amide bonds. The zero-order valence-corrected chi connectivity index (χ0v) is 19.5. The summed E-state index contributed by atoms with van der Waals surface area (Å²) in [5.41, 5.74) is 2.93. The molecule has 1 N–H and O–H groups in total. The number of hydrogen-bond acceptors (Lipinski definition) is 5. The second-order valence-corrected chi connectivity index (χ2v) is 9.77. The Morgan fingerprint density at radius 1 is 1.16 bits per heavy atom. The number of nitrogens with zero attached hydrogens (tertiary/aromatic N) is 3. The molecule has 1 unspecified atom stereocenters. The molecule has 0 saturated heterocycles. The molecule has 8 heteroatoms. The molecule has 5 rings (SSSR count). The zero-order valence-electron chi connectivity index (χ0n) is 17.9. The maximum absolute atomic E-state index is 13.3. The van der Waals surface area contributed by atoms with Crippen molar-refractivity contribution in [1.29, 1.82) is 0 Å². The largest absolute Gasteiger partial charge is 0.496 e. The van der Waals surface area contributed by atoms with Gasteiger partial charge in [-0.3, -0.25) is 4.79 Å². The van der Waals surface area contributed by atoms with E-state index in [1.54, 1.807) is 23.9 Å². The molecular weight excluding hydrogens is 447 g/mol. The molecule has 0 fully saturated rings. The fourth-order valence-electron chi connectivity index (χ4n) is 4.56. The Kier molecular flexibility index (Phi) is 5.02. The standard InChI is InChI=1S/C24H22Cl2N4O2/c1-24(2)11-17-20(18(31)12-24)21(14-9-8-13(25)10-16(14)26)30-23(27-17)28-22(29-30)15-6-4-5-7-19(15)32-3/h4-10,21H,11-12H2,1-3H3,(H,27,28,29). The summed E-state index contributed by atoms with van der Waals surface area (Å²) in [6.45, 7) is 4.19. The Bertz CT molecular complexity index is 1280. The van der Waals surface area contributed by atoms with Crippen LogP contribution in [0.4, 0.5) is 5.95 Å². The van der Waals surface area contributed by atoms with Crippen molar-refractivity contribution < 1.29 is 9.53 Å². The van der Waals surface area contributed by atoms with Crippen molar-refractivity contribution in [3.05, 3.63) is 69.3 Å². The Balaban J connectivity index is 1.72. The predicted octanol–water partition coefficient (Wildman–Crippen LogP) is 5.92. The number of fused-ring (bicyclic) bond motifs is 1. The average molecular weight is 469 g/mol. The number of rotatable bonds is 3. The first-order chi connectivity index (χ1) is 15.3. The van der Waals surface area contributed by atoms with E-state index in [0.29, 0.717) is 39.6 Å². The number of nitrogens with one attached hydrogen (secondary N) is 1. The molecule has 1 aliphatic heterocycles. The number of allylic oxidation sites excluding steroid dienone is 2. The van der Waals surface area contributed by atoms with Gasteiger partial charge in [-0.05, 0) is 36.1 Å². The Morgan fingerprint density at radius 3 is 2.69 bits per heavy atom. The SMILES string of the molecule is COc1ccccc1-c1nc2n(n1)C(c1ccc(Cl)cc1Cl)C1=C(CC(C)(C)CC1=O)N2. The van der Waals surface area contributed by atoms with Crippen LogP contribution < -0.4 is 10.1 Å². The number of methoxy groups -OCH3 is 1. The fourth-order valence-corrected chi connectivity index (χ4v) is 5.08. The van der Waals surface area contributed by atoms with Crippen LogP contribution in [0.25, 0.3) is 11.4 Å². The van der Waals surface area contributed by atoms with Crippen LogP contribution in [-0.4, -0.2) is 27.7 Å². The summed E-state index contributed by atoms with van der Waals surface area (Å²) in [7, 11) is 1.62. The number of anilines is 1. The number of halogens is 2. The van der Waals surface area contributed by atoms with Crippen LogP contribution in [0.5, 0.6) is 5.75 Å². The van der Waals surface area contributed by atoms with Gasteiger partial charge >= 0.3 is 0 Å². The highest BCUT2D eigenvalue weighted by atomic mass is 35.5. The van der Waals surface area contributed by atoms with E-state index >= 15 is 0 Å². The van der Waals surface area contributed by atoms with Gasteiger partial charge in [0.25, 0.3) is 0 Å². The quantitative estimate of drug-likeness (QED) is 0.516. The monoisotopic (exact) mass is 468 g/mol. The van der Waals surface area contributed by atoms with Crippen molar-refractivity contribution in [1.82, 2.24) is 14.8 Å². The molecule has 0 radical (unpaired) electrons. The van der Waals surface area contributed by atoms with Gasteiger partial charge in [0.15, 0.2) is 11.6 Å². The van der Waals surface area contributed by atoms with Gasteiger partial charge in [-0.25, -0.2) is 4.68 Å². The summed E-state index contributed by atoms with van der Waals surface area (Å²) >= 11 is 12.8. The van der Waals surface area contributed by atoms with Crippen molar-refractivity contribution in [2.24, 2.45) is 5.41 Å². The van der Waals surface area contributed by atoms with Crippen LogP contribution in [0, 0.1) is 5.41 Å². The molecular formula is C24H22Cl2N4O2. The molecule has 1 aromatic heterocycles. The highest BCUT2D eigenvalue weighted by Crippen LogP contribution is 2.47. The number of Topliss-reactive ketones (excluding diaryl/α,β-unsaturated/α-hetero) is 1. The number of carbonyl (C=O) groups is 1. The van der Waals surface area contributed by atoms with Crippen molar-refractivity contribution in [2.75, 3.05) is 12.4 Å². The molecule has 0 bridgehead atoms. The molecule has 2 aliphatic rings. The first-order valence-corrected chi connectivity index (χ1v) is 11.1. The molecule has 1 atom stereocenters. The van der Waals surface area contributed by atoms with E-state index in [0.717, 1.165) is 23.2 Å². The van der Waals surface area contributed by atoms with Crippen LogP contribution >= 0.6 is 23.2 Å². The second-order valence-electron chi connectivity index (χ2n) is 8.93. The summed E-state index contributed by atoms with van der Waals surface area (Å²) in [5.74, 6) is 1.82. The van der Waals surface area contributed by atoms with E-state index < -0.39 is 6.04 Å². The molecule has 0 spiro atoms. The maximum atomic E-state index is 13.3. The third-order valence-corrected chi connectivity index (χ3v) is 6.50. The second kappa shape index (κ2) is 7.64. The van der Waals surface area contributed by atoms with Gasteiger partial charge < -0.3 is 10.1 Å². The summed E-state index contributed by atoms with van der Waals surface area (Å²) in [6.07, 6.45) is 1.19. The molecule has 0 saturated carbocycles. The third-order valence-electron chi connectivity index (χ3n) is 5.94. The minimum Gasteiger partial charge on any atom is -0.496 e. The molecule has 1 aliphatic carbocycles. The lowest BCUT2D eigenvalue weighted by atomic mass is 9.73. The predicted molar refractivity (Wildman–Crippen MR) is 125 cm³/mol. The molecule has 6 nitrogen and oxygen atoms in total. The van der Waals surface area contributed by atoms with E-state index in [-0.39, 0.29) is 11.2 Å². The third kappa shape index (κ3) is 3.48. The van der Waals surface area contributed by atoms with Crippen LogP contribution in [0.1, 0.15) is 38.3 Å². The van der Waals surface area contributed by atoms with Gasteiger partial charge in [-0.1, -0.05) is 55.2 Å². The van der Waals surface area contributed by atoms with Crippen molar-refractivity contribution in [3.8, 4) is 17.1 Å². The van der Waals surface area contributed by atoms with Crippen LogP contribution in [0.15, 0.2) is 53.7 Å². The average Bonchev–Trinajstić information content (AvgIpc) is 3.15. The highest BCUT2D eigenvalue weighted by Gasteiger charge is 2.42. The van der Waals surface area contributed by atoms with Gasteiger partial charge in [-0.15, -0.1) is 5.10 Å². The summed E-state index contributed by atoms with van der Waals surface area (Å²) < 4.78 is 7.25. The Labute approximate surface area is 196 Å². The van der Waals surface area contributed by atoms with Gasteiger partial charge in [0.05, 0.1) is 12.7 Å². The molecule has 164 valence electrons. The number of para-hydroxylation sites is 1. The highest BCUT2D eigenvalue weighted by molar-refractivity contribution is 6.35. The lowest BCUT2D eigenvalue weighted by Crippen LogP contribution is -2.36. The van der Waals surface area contributed by atoms with Crippen molar-refractivity contribution in [2.45, 2.75) is 32.7 Å². The van der Waals surface area contributed by atoms with E-state index in [9.17, 15) is 4.79 Å². The van der Waals surface area contributed by atoms with Crippen molar-refractivity contribution >= 4 is 34.9 Å². The van der Waals surface area contributed by atoms with E-state index in [1.807, 2.05) is 30.3 Å². The zero-order chi connectivity index (χ0) is 22.6. The van der Waals surface area contributed by atoms with E-state index in [2.05, 4.69) is 19.2 Å². The number of ketones is 1.